The lowest BCUT2D eigenvalue weighted by molar-refractivity contribution is -0.0440. The molecule has 0 radical (unpaired) electrons. The van der Waals surface area contributed by atoms with E-state index in [9.17, 15) is 8.42 Å². The van der Waals surface area contributed by atoms with Crippen molar-refractivity contribution >= 4 is 32.4 Å². The molecule has 1 aliphatic rings. The molecule has 0 aliphatic carbocycles. The number of sulfonamides is 1. The minimum absolute atomic E-state index is 0.114. The van der Waals surface area contributed by atoms with Gasteiger partial charge in [0.05, 0.1) is 17.1 Å². The average Bonchev–Trinajstić information content (AvgIpc) is 2.46. The molecule has 6 heteroatoms. The van der Waals surface area contributed by atoms with E-state index in [-0.39, 0.29) is 12.2 Å². The van der Waals surface area contributed by atoms with Crippen molar-refractivity contribution in [1.29, 1.82) is 0 Å². The maximum Gasteiger partial charge on any atom is 0.243 e. The van der Waals surface area contributed by atoms with E-state index >= 15 is 0 Å². The van der Waals surface area contributed by atoms with Crippen LogP contribution in [0.2, 0.25) is 5.02 Å². The number of morpholine rings is 1. The van der Waals surface area contributed by atoms with Crippen LogP contribution in [0.5, 0.6) is 0 Å². The normalized spacial score (nSPS) is 23.8. The third-order valence-corrected chi connectivity index (χ3v) is 6.05. The summed E-state index contributed by atoms with van der Waals surface area (Å²) in [6.45, 7) is 4.50. The summed E-state index contributed by atoms with van der Waals surface area (Å²) in [5, 5.41) is 1.96. The van der Waals surface area contributed by atoms with Crippen molar-refractivity contribution in [2.75, 3.05) is 13.1 Å². The average molecular weight is 340 g/mol. The van der Waals surface area contributed by atoms with Crippen LogP contribution in [0, 0.1) is 0 Å². The fraction of sp³-hybridized carbons (Fsp3) is 0.375. The fourth-order valence-corrected chi connectivity index (χ4v) is 4.94. The topological polar surface area (TPSA) is 46.6 Å². The van der Waals surface area contributed by atoms with E-state index in [4.69, 9.17) is 16.3 Å². The van der Waals surface area contributed by atoms with E-state index in [1.54, 1.807) is 18.2 Å². The second-order valence-corrected chi connectivity index (χ2v) is 7.98. The molecule has 3 rings (SSSR count). The zero-order valence-electron chi connectivity index (χ0n) is 12.5. The Morgan fingerprint density at radius 1 is 1.05 bits per heavy atom. The molecular weight excluding hydrogens is 322 g/mol. The van der Waals surface area contributed by atoms with Gasteiger partial charge >= 0.3 is 0 Å². The molecule has 0 amide bonds. The Hall–Kier alpha value is -1.14. The molecule has 2 atom stereocenters. The van der Waals surface area contributed by atoms with Gasteiger partial charge in [-0.2, -0.15) is 4.31 Å². The summed E-state index contributed by atoms with van der Waals surface area (Å²) >= 11 is 6.18. The van der Waals surface area contributed by atoms with Crippen molar-refractivity contribution in [1.82, 2.24) is 4.31 Å². The zero-order chi connectivity index (χ0) is 15.9. The number of fused-ring (bicyclic) bond motifs is 1. The Labute approximate surface area is 135 Å². The van der Waals surface area contributed by atoms with E-state index in [0.717, 1.165) is 5.39 Å². The van der Waals surface area contributed by atoms with E-state index in [0.29, 0.717) is 28.4 Å². The Morgan fingerprint density at radius 3 is 2.27 bits per heavy atom. The lowest BCUT2D eigenvalue weighted by Gasteiger charge is -2.34. The fourth-order valence-electron chi connectivity index (χ4n) is 2.93. The van der Waals surface area contributed by atoms with E-state index < -0.39 is 10.0 Å². The van der Waals surface area contributed by atoms with Crippen LogP contribution in [0.3, 0.4) is 0 Å². The molecule has 1 saturated heterocycles. The Morgan fingerprint density at radius 2 is 1.64 bits per heavy atom. The number of ether oxygens (including phenoxy) is 1. The van der Waals surface area contributed by atoms with Crippen LogP contribution in [0.25, 0.3) is 10.8 Å². The third kappa shape index (κ3) is 2.74. The molecule has 0 bridgehead atoms. The monoisotopic (exact) mass is 339 g/mol. The Kier molecular flexibility index (Phi) is 4.16. The number of hydrogen-bond donors (Lipinski definition) is 0. The molecule has 0 saturated carbocycles. The standard InChI is InChI=1S/C16H18ClNO3S/c1-11-9-18(10-12(2)21-11)22(19,20)16-8-7-15(17)13-5-3-4-6-14(13)16/h3-8,11-12H,9-10H2,1-2H3. The molecule has 2 aromatic carbocycles. The first-order chi connectivity index (χ1) is 10.4. The summed E-state index contributed by atoms with van der Waals surface area (Å²) in [4.78, 5) is 0.300. The highest BCUT2D eigenvalue weighted by molar-refractivity contribution is 7.89. The van der Waals surface area contributed by atoms with Crippen molar-refractivity contribution in [3.05, 3.63) is 41.4 Å². The summed E-state index contributed by atoms with van der Waals surface area (Å²) in [7, 11) is -3.58. The highest BCUT2D eigenvalue weighted by atomic mass is 35.5. The van der Waals surface area contributed by atoms with Gasteiger partial charge in [-0.1, -0.05) is 35.9 Å². The van der Waals surface area contributed by atoms with Crippen LogP contribution in [-0.4, -0.2) is 38.0 Å². The minimum Gasteiger partial charge on any atom is -0.373 e. The van der Waals surface area contributed by atoms with Crippen molar-refractivity contribution in [2.24, 2.45) is 0 Å². The Bertz CT molecular complexity index is 796. The maximum absolute atomic E-state index is 13.0. The molecule has 2 unspecified atom stereocenters. The summed E-state index contributed by atoms with van der Waals surface area (Å²) < 4.78 is 33.2. The molecule has 1 fully saturated rings. The second-order valence-electron chi connectivity index (χ2n) is 5.67. The highest BCUT2D eigenvalue weighted by Gasteiger charge is 2.33. The quantitative estimate of drug-likeness (QED) is 0.843. The number of benzene rings is 2. The van der Waals surface area contributed by atoms with E-state index in [1.807, 2.05) is 32.0 Å². The highest BCUT2D eigenvalue weighted by Crippen LogP contribution is 2.31. The molecule has 4 nitrogen and oxygen atoms in total. The summed E-state index contributed by atoms with van der Waals surface area (Å²) in [6.07, 6.45) is -0.228. The van der Waals surface area contributed by atoms with E-state index in [1.165, 1.54) is 4.31 Å². The first-order valence-electron chi connectivity index (χ1n) is 7.22. The second kappa shape index (κ2) is 5.81. The molecule has 118 valence electrons. The van der Waals surface area contributed by atoms with Crippen molar-refractivity contribution < 1.29 is 13.2 Å². The predicted octanol–water partition coefficient (Wildman–Crippen LogP) is 3.29. The van der Waals surface area contributed by atoms with Crippen molar-refractivity contribution in [2.45, 2.75) is 31.0 Å². The van der Waals surface area contributed by atoms with Gasteiger partial charge in [0.2, 0.25) is 10.0 Å². The van der Waals surface area contributed by atoms with Gasteiger partial charge in [0.25, 0.3) is 0 Å². The Balaban J connectivity index is 2.12. The number of hydrogen-bond acceptors (Lipinski definition) is 3. The van der Waals surface area contributed by atoms with Gasteiger partial charge in [0.1, 0.15) is 0 Å². The molecule has 1 aliphatic heterocycles. The lowest BCUT2D eigenvalue weighted by Crippen LogP contribution is -2.48. The van der Waals surface area contributed by atoms with Crippen LogP contribution < -0.4 is 0 Å². The number of nitrogens with zero attached hydrogens (tertiary/aromatic N) is 1. The first kappa shape index (κ1) is 15.7. The van der Waals surface area contributed by atoms with Crippen molar-refractivity contribution in [3.63, 3.8) is 0 Å². The first-order valence-corrected chi connectivity index (χ1v) is 9.04. The molecule has 0 spiro atoms. The van der Waals surface area contributed by atoms with Gasteiger partial charge in [-0.25, -0.2) is 8.42 Å². The van der Waals surface area contributed by atoms with E-state index in [2.05, 4.69) is 0 Å². The molecule has 0 N–H and O–H groups in total. The SMILES string of the molecule is CC1CN(S(=O)(=O)c2ccc(Cl)c3ccccc23)CC(C)O1. The summed E-state index contributed by atoms with van der Waals surface area (Å²) in [6, 6.07) is 10.5. The lowest BCUT2D eigenvalue weighted by atomic mass is 10.1. The largest absolute Gasteiger partial charge is 0.373 e. The van der Waals surface area contributed by atoms with Gasteiger partial charge in [-0.05, 0) is 26.0 Å². The maximum atomic E-state index is 13.0. The minimum atomic E-state index is -3.58. The summed E-state index contributed by atoms with van der Waals surface area (Å²) in [5.74, 6) is 0. The third-order valence-electron chi connectivity index (χ3n) is 3.83. The molecule has 1 heterocycles. The van der Waals surface area contributed by atoms with Gasteiger partial charge in [-0.15, -0.1) is 0 Å². The van der Waals surface area contributed by atoms with Crippen LogP contribution in [0.4, 0.5) is 0 Å². The van der Waals surface area contributed by atoms with Crippen LogP contribution in [0.15, 0.2) is 41.3 Å². The van der Waals surface area contributed by atoms with Gasteiger partial charge in [-0.3, -0.25) is 0 Å². The smallest absolute Gasteiger partial charge is 0.243 e. The van der Waals surface area contributed by atoms with Crippen molar-refractivity contribution in [3.8, 4) is 0 Å². The van der Waals surface area contributed by atoms with Crippen LogP contribution in [-0.2, 0) is 14.8 Å². The van der Waals surface area contributed by atoms with Crippen LogP contribution >= 0.6 is 11.6 Å². The zero-order valence-corrected chi connectivity index (χ0v) is 14.1. The van der Waals surface area contributed by atoms with Gasteiger partial charge < -0.3 is 4.74 Å². The summed E-state index contributed by atoms with van der Waals surface area (Å²) in [5.41, 5.74) is 0. The molecular formula is C16H18ClNO3S. The number of halogens is 1. The predicted molar refractivity (Wildman–Crippen MR) is 87.7 cm³/mol. The molecule has 2 aromatic rings. The molecule has 0 aromatic heterocycles. The number of rotatable bonds is 2. The van der Waals surface area contributed by atoms with Crippen LogP contribution in [0.1, 0.15) is 13.8 Å². The van der Waals surface area contributed by atoms with Gasteiger partial charge in [0, 0.05) is 28.9 Å². The molecule has 22 heavy (non-hydrogen) atoms. The van der Waals surface area contributed by atoms with Gasteiger partial charge in [0.15, 0.2) is 0 Å².